The molecule has 1 atom stereocenters. The van der Waals surface area contributed by atoms with Gasteiger partial charge in [-0.25, -0.2) is 0 Å². The molecule has 0 spiro atoms. The predicted molar refractivity (Wildman–Crippen MR) is 67.7 cm³/mol. The van der Waals surface area contributed by atoms with Gasteiger partial charge in [-0.05, 0) is 37.8 Å². The molecule has 0 saturated heterocycles. The third-order valence-electron chi connectivity index (χ3n) is 2.72. The quantitative estimate of drug-likeness (QED) is 0.747. The molecule has 0 aromatic heterocycles. The van der Waals surface area contributed by atoms with Gasteiger partial charge in [-0.3, -0.25) is 4.79 Å². The van der Waals surface area contributed by atoms with E-state index in [0.29, 0.717) is 6.42 Å². The number of rotatable bonds is 6. The predicted octanol–water partition coefficient (Wildman–Crippen LogP) is 2.95. The summed E-state index contributed by atoms with van der Waals surface area (Å²) < 4.78 is 0. The molecule has 1 unspecified atom stereocenters. The standard InChI is InChI=1S/C14H21NO/c1-3-12-7-5-8-13(10-12)14(16)9-4-6-11(2)15/h5,7-8,10-11H,3-4,6,9,15H2,1-2H3. The van der Waals surface area contributed by atoms with Crippen molar-refractivity contribution in [3.05, 3.63) is 35.4 Å². The zero-order valence-corrected chi connectivity index (χ0v) is 10.2. The maximum Gasteiger partial charge on any atom is 0.162 e. The Morgan fingerprint density at radius 3 is 2.81 bits per heavy atom. The van der Waals surface area contributed by atoms with Crippen LogP contribution < -0.4 is 5.73 Å². The lowest BCUT2D eigenvalue weighted by Gasteiger charge is -2.05. The van der Waals surface area contributed by atoms with Crippen molar-refractivity contribution in [2.45, 2.75) is 45.6 Å². The maximum atomic E-state index is 11.9. The Bertz CT molecular complexity index is 344. The molecule has 88 valence electrons. The van der Waals surface area contributed by atoms with Crippen LogP contribution in [0.25, 0.3) is 0 Å². The Labute approximate surface area is 97.9 Å². The highest BCUT2D eigenvalue weighted by atomic mass is 16.1. The molecule has 1 rings (SSSR count). The average molecular weight is 219 g/mol. The third-order valence-corrected chi connectivity index (χ3v) is 2.72. The summed E-state index contributed by atoms with van der Waals surface area (Å²) in [5.74, 6) is 0.232. The Morgan fingerprint density at radius 1 is 1.44 bits per heavy atom. The van der Waals surface area contributed by atoms with E-state index in [1.54, 1.807) is 0 Å². The van der Waals surface area contributed by atoms with Crippen LogP contribution in [-0.2, 0) is 6.42 Å². The van der Waals surface area contributed by atoms with Gasteiger partial charge in [0.05, 0.1) is 0 Å². The van der Waals surface area contributed by atoms with Crippen LogP contribution in [0.2, 0.25) is 0 Å². The largest absolute Gasteiger partial charge is 0.328 e. The summed E-state index contributed by atoms with van der Waals surface area (Å²) in [6, 6.07) is 8.09. The van der Waals surface area contributed by atoms with Crippen molar-refractivity contribution >= 4 is 5.78 Å². The van der Waals surface area contributed by atoms with E-state index in [-0.39, 0.29) is 11.8 Å². The number of nitrogens with two attached hydrogens (primary N) is 1. The molecule has 0 aliphatic rings. The van der Waals surface area contributed by atoms with Crippen molar-refractivity contribution in [2.75, 3.05) is 0 Å². The monoisotopic (exact) mass is 219 g/mol. The highest BCUT2D eigenvalue weighted by molar-refractivity contribution is 5.96. The number of aryl methyl sites for hydroxylation is 1. The van der Waals surface area contributed by atoms with Crippen molar-refractivity contribution in [3.8, 4) is 0 Å². The van der Waals surface area contributed by atoms with Gasteiger partial charge in [0.15, 0.2) is 5.78 Å². The van der Waals surface area contributed by atoms with E-state index in [9.17, 15) is 4.79 Å². The molecule has 0 radical (unpaired) electrons. The van der Waals surface area contributed by atoms with E-state index in [0.717, 1.165) is 24.8 Å². The zero-order chi connectivity index (χ0) is 12.0. The summed E-state index contributed by atoms with van der Waals surface area (Å²) >= 11 is 0. The molecule has 1 aromatic carbocycles. The molecule has 16 heavy (non-hydrogen) atoms. The fraction of sp³-hybridized carbons (Fsp3) is 0.500. The number of hydrogen-bond acceptors (Lipinski definition) is 2. The van der Waals surface area contributed by atoms with E-state index >= 15 is 0 Å². The summed E-state index contributed by atoms with van der Waals surface area (Å²) in [6.07, 6.45) is 3.38. The zero-order valence-electron chi connectivity index (χ0n) is 10.2. The molecule has 2 nitrogen and oxygen atoms in total. The fourth-order valence-electron chi connectivity index (χ4n) is 1.69. The van der Waals surface area contributed by atoms with Crippen LogP contribution in [0, 0.1) is 0 Å². The summed E-state index contributed by atoms with van der Waals surface area (Å²) in [5.41, 5.74) is 7.71. The maximum absolute atomic E-state index is 11.9. The summed E-state index contributed by atoms with van der Waals surface area (Å²) in [7, 11) is 0. The van der Waals surface area contributed by atoms with Crippen LogP contribution in [0.3, 0.4) is 0 Å². The van der Waals surface area contributed by atoms with Crippen LogP contribution >= 0.6 is 0 Å². The minimum atomic E-state index is 0.190. The lowest BCUT2D eigenvalue weighted by Crippen LogP contribution is -2.14. The Kier molecular flexibility index (Phi) is 5.20. The molecule has 1 aromatic rings. The molecule has 0 saturated carbocycles. The lowest BCUT2D eigenvalue weighted by atomic mass is 10.0. The third kappa shape index (κ3) is 4.15. The van der Waals surface area contributed by atoms with Gasteiger partial charge in [0.1, 0.15) is 0 Å². The highest BCUT2D eigenvalue weighted by Crippen LogP contribution is 2.10. The van der Waals surface area contributed by atoms with Crippen molar-refractivity contribution in [2.24, 2.45) is 5.73 Å². The molecule has 0 amide bonds. The lowest BCUT2D eigenvalue weighted by molar-refractivity contribution is 0.0979. The number of hydrogen-bond donors (Lipinski definition) is 1. The molecule has 0 bridgehead atoms. The van der Waals surface area contributed by atoms with Crippen molar-refractivity contribution in [1.82, 2.24) is 0 Å². The molecule has 2 heteroatoms. The SMILES string of the molecule is CCc1cccc(C(=O)CCCC(C)N)c1. The first-order valence-corrected chi connectivity index (χ1v) is 6.01. The normalized spacial score (nSPS) is 12.4. The number of carbonyl (C=O) groups is 1. The number of carbonyl (C=O) groups excluding carboxylic acids is 1. The number of Topliss-reactive ketones (excluding diaryl/α,β-unsaturated/α-hetero) is 1. The van der Waals surface area contributed by atoms with Gasteiger partial charge in [0.2, 0.25) is 0 Å². The second-order valence-electron chi connectivity index (χ2n) is 4.35. The van der Waals surface area contributed by atoms with Gasteiger partial charge >= 0.3 is 0 Å². The first-order valence-electron chi connectivity index (χ1n) is 6.01. The Hall–Kier alpha value is -1.15. The second-order valence-corrected chi connectivity index (χ2v) is 4.35. The van der Waals surface area contributed by atoms with Gasteiger partial charge in [0.25, 0.3) is 0 Å². The molecule has 0 heterocycles. The van der Waals surface area contributed by atoms with Crippen molar-refractivity contribution in [3.63, 3.8) is 0 Å². The average Bonchev–Trinajstić information content (AvgIpc) is 2.28. The molecule has 0 aliphatic heterocycles. The van der Waals surface area contributed by atoms with Crippen molar-refractivity contribution in [1.29, 1.82) is 0 Å². The van der Waals surface area contributed by atoms with Gasteiger partial charge in [-0.2, -0.15) is 0 Å². The van der Waals surface area contributed by atoms with E-state index in [2.05, 4.69) is 13.0 Å². The molecule has 0 fully saturated rings. The fourth-order valence-corrected chi connectivity index (χ4v) is 1.69. The van der Waals surface area contributed by atoms with Crippen LogP contribution in [0.1, 0.15) is 49.0 Å². The molecular formula is C14H21NO. The molecule has 2 N–H and O–H groups in total. The van der Waals surface area contributed by atoms with E-state index < -0.39 is 0 Å². The summed E-state index contributed by atoms with van der Waals surface area (Å²) in [6.45, 7) is 4.07. The molecule has 0 aliphatic carbocycles. The highest BCUT2D eigenvalue weighted by Gasteiger charge is 2.06. The van der Waals surface area contributed by atoms with Crippen LogP contribution in [0.15, 0.2) is 24.3 Å². The van der Waals surface area contributed by atoms with Gasteiger partial charge < -0.3 is 5.73 Å². The second kappa shape index (κ2) is 6.44. The van der Waals surface area contributed by atoms with Crippen LogP contribution in [0.5, 0.6) is 0 Å². The van der Waals surface area contributed by atoms with Gasteiger partial charge in [-0.1, -0.05) is 25.1 Å². The van der Waals surface area contributed by atoms with E-state index in [1.807, 2.05) is 25.1 Å². The topological polar surface area (TPSA) is 43.1 Å². The molecular weight excluding hydrogens is 198 g/mol. The summed E-state index contributed by atoms with van der Waals surface area (Å²) in [4.78, 5) is 11.9. The first kappa shape index (κ1) is 12.9. The number of benzene rings is 1. The van der Waals surface area contributed by atoms with Gasteiger partial charge in [0, 0.05) is 18.0 Å². The Morgan fingerprint density at radius 2 is 2.19 bits per heavy atom. The Balaban J connectivity index is 2.52. The van der Waals surface area contributed by atoms with E-state index in [1.165, 1.54) is 5.56 Å². The van der Waals surface area contributed by atoms with E-state index in [4.69, 9.17) is 5.73 Å². The minimum absolute atomic E-state index is 0.190. The van der Waals surface area contributed by atoms with Crippen LogP contribution in [-0.4, -0.2) is 11.8 Å². The van der Waals surface area contributed by atoms with Gasteiger partial charge in [-0.15, -0.1) is 0 Å². The van der Waals surface area contributed by atoms with Crippen LogP contribution in [0.4, 0.5) is 0 Å². The smallest absolute Gasteiger partial charge is 0.162 e. The first-order chi connectivity index (χ1) is 7.63. The minimum Gasteiger partial charge on any atom is -0.328 e. The number of ketones is 1. The summed E-state index contributed by atoms with van der Waals surface area (Å²) in [5, 5.41) is 0. The van der Waals surface area contributed by atoms with Crippen molar-refractivity contribution < 1.29 is 4.79 Å².